The molecule has 53 heavy (non-hydrogen) atoms. The number of nitrogens with zero attached hydrogens (tertiary/aromatic N) is 1. The molecule has 0 amide bonds. The van der Waals surface area contributed by atoms with Crippen LogP contribution in [0.25, 0.3) is 88.0 Å². The highest BCUT2D eigenvalue weighted by molar-refractivity contribution is 6.26. The molecule has 1 aromatic heterocycles. The molecule has 1 aliphatic carbocycles. The Balaban J connectivity index is 1.15. The molecule has 9 aromatic carbocycles. The van der Waals surface area contributed by atoms with Gasteiger partial charge in [0.1, 0.15) is 5.58 Å². The van der Waals surface area contributed by atoms with E-state index in [9.17, 15) is 0 Å². The van der Waals surface area contributed by atoms with Gasteiger partial charge in [0.2, 0.25) is 0 Å². The highest BCUT2D eigenvalue weighted by Gasteiger charge is 2.32. The summed E-state index contributed by atoms with van der Waals surface area (Å²) in [4.78, 5) is 2.34. The van der Waals surface area contributed by atoms with Gasteiger partial charge in [-0.2, -0.15) is 0 Å². The fourth-order valence-electron chi connectivity index (χ4n) is 8.59. The summed E-state index contributed by atoms with van der Waals surface area (Å²) in [5.41, 5.74) is 16.6. The van der Waals surface area contributed by atoms with Gasteiger partial charge in [-0.1, -0.05) is 139 Å². The van der Waals surface area contributed by atoms with Crippen molar-refractivity contribution >= 4 is 60.5 Å². The van der Waals surface area contributed by atoms with Gasteiger partial charge < -0.3 is 9.32 Å². The number of para-hydroxylation sites is 2. The molecule has 0 atom stereocenters. The average molecular weight is 676 g/mol. The van der Waals surface area contributed by atoms with E-state index in [4.69, 9.17) is 4.42 Å². The molecule has 0 unspecified atom stereocenters. The van der Waals surface area contributed by atoms with E-state index in [2.05, 4.69) is 188 Å². The van der Waals surface area contributed by atoms with Gasteiger partial charge in [-0.25, -0.2) is 0 Å². The molecule has 0 radical (unpaired) electrons. The molecule has 1 heterocycles. The standard InChI is InChI=1S/C51H33NO/c1-32-23-26-37(27-24-32)52(45-21-12-20-42-39-17-10-11-22-46(39)53-51(42)45)38-28-25-35-30-43-44(31-36(35)29-38)50-48(34-15-6-3-7-16-34)41-19-9-8-18-40(41)47(49(43)50)33-13-4-2-5-14-33/h2-31H,1H3. The predicted octanol–water partition coefficient (Wildman–Crippen LogP) is 14.7. The number of benzene rings is 9. The van der Waals surface area contributed by atoms with Crippen LogP contribution >= 0.6 is 0 Å². The third-order valence-electron chi connectivity index (χ3n) is 11.0. The molecule has 2 nitrogen and oxygen atoms in total. The van der Waals surface area contributed by atoms with Gasteiger partial charge in [0.15, 0.2) is 5.58 Å². The molecule has 0 N–H and O–H groups in total. The number of fused-ring (bicyclic) bond motifs is 9. The molecule has 0 saturated carbocycles. The maximum absolute atomic E-state index is 6.60. The second-order valence-corrected chi connectivity index (χ2v) is 14.1. The molecule has 0 bridgehead atoms. The summed E-state index contributed by atoms with van der Waals surface area (Å²) in [6.45, 7) is 2.13. The summed E-state index contributed by atoms with van der Waals surface area (Å²) in [6.07, 6.45) is 0. The van der Waals surface area contributed by atoms with Crippen LogP contribution in [0.2, 0.25) is 0 Å². The van der Waals surface area contributed by atoms with Gasteiger partial charge in [0.25, 0.3) is 0 Å². The number of anilines is 3. The molecule has 1 aliphatic rings. The Kier molecular flexibility index (Phi) is 6.50. The zero-order valence-electron chi connectivity index (χ0n) is 29.2. The zero-order valence-corrected chi connectivity index (χ0v) is 29.2. The number of furan rings is 1. The molecule has 0 fully saturated rings. The van der Waals surface area contributed by atoms with Crippen LogP contribution in [0.15, 0.2) is 186 Å². The van der Waals surface area contributed by atoms with Gasteiger partial charge >= 0.3 is 0 Å². The summed E-state index contributed by atoms with van der Waals surface area (Å²) in [7, 11) is 0. The third-order valence-corrected chi connectivity index (χ3v) is 11.0. The molecular formula is C51H33NO. The van der Waals surface area contributed by atoms with Crippen molar-refractivity contribution in [1.29, 1.82) is 0 Å². The first-order chi connectivity index (χ1) is 26.2. The molecule has 0 saturated heterocycles. The first kappa shape index (κ1) is 29.8. The van der Waals surface area contributed by atoms with Crippen LogP contribution in [0, 0.1) is 6.92 Å². The molecule has 11 rings (SSSR count). The minimum atomic E-state index is 0.883. The van der Waals surface area contributed by atoms with Gasteiger partial charge in [-0.05, 0) is 122 Å². The maximum Gasteiger partial charge on any atom is 0.159 e. The first-order valence-corrected chi connectivity index (χ1v) is 18.3. The van der Waals surface area contributed by atoms with E-state index < -0.39 is 0 Å². The largest absolute Gasteiger partial charge is 0.454 e. The molecule has 2 heteroatoms. The van der Waals surface area contributed by atoms with E-state index >= 15 is 0 Å². The number of hydrogen-bond donors (Lipinski definition) is 0. The van der Waals surface area contributed by atoms with Crippen molar-refractivity contribution in [2.45, 2.75) is 6.92 Å². The van der Waals surface area contributed by atoms with Crippen LogP contribution in [0.5, 0.6) is 0 Å². The SMILES string of the molecule is Cc1ccc(N(c2ccc3cc4c(cc3c2)-c2c-4c(-c3ccccc3)c3ccccc3c2-c2ccccc2)c2cccc3c2oc2ccccc23)cc1. The van der Waals surface area contributed by atoms with Crippen LogP contribution in [0.1, 0.15) is 5.56 Å². The summed E-state index contributed by atoms with van der Waals surface area (Å²) < 4.78 is 6.60. The Morgan fingerprint density at radius 2 is 0.943 bits per heavy atom. The smallest absolute Gasteiger partial charge is 0.159 e. The van der Waals surface area contributed by atoms with Crippen LogP contribution in [0.3, 0.4) is 0 Å². The fourth-order valence-corrected chi connectivity index (χ4v) is 8.59. The molecule has 0 aliphatic heterocycles. The molecular weight excluding hydrogens is 643 g/mol. The topological polar surface area (TPSA) is 16.4 Å². The number of aryl methyl sites for hydroxylation is 1. The first-order valence-electron chi connectivity index (χ1n) is 18.3. The number of hydrogen-bond acceptors (Lipinski definition) is 2. The van der Waals surface area contributed by atoms with Crippen molar-refractivity contribution in [1.82, 2.24) is 0 Å². The second-order valence-electron chi connectivity index (χ2n) is 14.1. The van der Waals surface area contributed by atoms with E-state index in [1.165, 1.54) is 71.6 Å². The molecule has 0 spiro atoms. The van der Waals surface area contributed by atoms with Gasteiger partial charge in [0.05, 0.1) is 5.69 Å². The van der Waals surface area contributed by atoms with Crippen LogP contribution < -0.4 is 4.90 Å². The van der Waals surface area contributed by atoms with Gasteiger partial charge in [-0.15, -0.1) is 0 Å². The zero-order chi connectivity index (χ0) is 35.0. The Morgan fingerprint density at radius 3 is 1.60 bits per heavy atom. The minimum Gasteiger partial charge on any atom is -0.454 e. The quantitative estimate of drug-likeness (QED) is 0.181. The Hall–Kier alpha value is -6.90. The third kappa shape index (κ3) is 4.52. The Labute approximate surface area is 307 Å². The van der Waals surface area contributed by atoms with E-state index in [-0.39, 0.29) is 0 Å². The average Bonchev–Trinajstić information content (AvgIpc) is 3.60. The second kappa shape index (κ2) is 11.6. The summed E-state index contributed by atoms with van der Waals surface area (Å²) in [6, 6.07) is 66.0. The fraction of sp³-hybridized carbons (Fsp3) is 0.0196. The van der Waals surface area contributed by atoms with E-state index in [0.29, 0.717) is 0 Å². The van der Waals surface area contributed by atoms with Crippen LogP contribution in [-0.2, 0) is 0 Å². The Bertz CT molecular complexity index is 3050. The van der Waals surface area contributed by atoms with E-state index in [1.54, 1.807) is 0 Å². The van der Waals surface area contributed by atoms with Crippen LogP contribution in [0.4, 0.5) is 17.1 Å². The van der Waals surface area contributed by atoms with E-state index in [1.807, 2.05) is 6.07 Å². The van der Waals surface area contributed by atoms with Crippen molar-refractivity contribution in [3.05, 3.63) is 188 Å². The summed E-state index contributed by atoms with van der Waals surface area (Å²) in [5, 5.41) is 7.22. The van der Waals surface area contributed by atoms with Crippen molar-refractivity contribution in [3.63, 3.8) is 0 Å². The Morgan fingerprint density at radius 1 is 0.396 bits per heavy atom. The predicted molar refractivity (Wildman–Crippen MR) is 223 cm³/mol. The highest BCUT2D eigenvalue weighted by Crippen LogP contribution is 2.60. The lowest BCUT2D eigenvalue weighted by molar-refractivity contribution is 0.669. The lowest BCUT2D eigenvalue weighted by Crippen LogP contribution is -2.10. The maximum atomic E-state index is 6.60. The lowest BCUT2D eigenvalue weighted by Gasteiger charge is -2.33. The van der Waals surface area contributed by atoms with Gasteiger partial charge in [0, 0.05) is 22.1 Å². The van der Waals surface area contributed by atoms with E-state index in [0.717, 1.165) is 39.0 Å². The van der Waals surface area contributed by atoms with Gasteiger partial charge in [-0.3, -0.25) is 0 Å². The van der Waals surface area contributed by atoms with Crippen molar-refractivity contribution in [2.75, 3.05) is 4.90 Å². The number of rotatable bonds is 5. The van der Waals surface area contributed by atoms with Crippen molar-refractivity contribution in [2.24, 2.45) is 0 Å². The summed E-state index contributed by atoms with van der Waals surface area (Å²) >= 11 is 0. The molecule has 10 aromatic rings. The highest BCUT2D eigenvalue weighted by atomic mass is 16.3. The van der Waals surface area contributed by atoms with Crippen LogP contribution in [-0.4, -0.2) is 0 Å². The minimum absolute atomic E-state index is 0.883. The normalized spacial score (nSPS) is 11.9. The summed E-state index contributed by atoms with van der Waals surface area (Å²) in [5.74, 6) is 0. The van der Waals surface area contributed by atoms with Crippen molar-refractivity contribution in [3.8, 4) is 44.5 Å². The lowest BCUT2D eigenvalue weighted by atomic mass is 9.70. The van der Waals surface area contributed by atoms with Crippen molar-refractivity contribution < 1.29 is 4.42 Å². The molecule has 248 valence electrons. The monoisotopic (exact) mass is 675 g/mol.